The molecule has 2 saturated heterocycles. The first-order valence-corrected chi connectivity index (χ1v) is 10.1. The summed E-state index contributed by atoms with van der Waals surface area (Å²) < 4.78 is 13.9. The number of rotatable bonds is 5. The minimum Gasteiger partial charge on any atom is -0.356 e. The van der Waals surface area contributed by atoms with E-state index in [2.05, 4.69) is 39.4 Å². The Balaban J connectivity index is 1.46. The van der Waals surface area contributed by atoms with Crippen LogP contribution in [-0.4, -0.2) is 67.7 Å². The Morgan fingerprint density at radius 1 is 1.33 bits per heavy atom. The average molecular weight is 377 g/mol. The van der Waals surface area contributed by atoms with Crippen LogP contribution in [0, 0.1) is 11.7 Å². The van der Waals surface area contributed by atoms with Crippen molar-refractivity contribution in [3.8, 4) is 0 Å². The van der Waals surface area contributed by atoms with Crippen LogP contribution < -0.4 is 15.5 Å². The van der Waals surface area contributed by atoms with Crippen molar-refractivity contribution in [2.24, 2.45) is 10.9 Å². The molecule has 3 rings (SSSR count). The zero-order valence-electron chi connectivity index (χ0n) is 16.8. The van der Waals surface area contributed by atoms with Gasteiger partial charge >= 0.3 is 0 Å². The lowest BCUT2D eigenvalue weighted by atomic mass is 9.97. The van der Waals surface area contributed by atoms with E-state index >= 15 is 0 Å². The van der Waals surface area contributed by atoms with E-state index in [0.29, 0.717) is 17.8 Å². The summed E-state index contributed by atoms with van der Waals surface area (Å²) in [6, 6.07) is 3.95. The lowest BCUT2D eigenvalue weighted by molar-refractivity contribution is 0.141. The molecule has 27 heavy (non-hydrogen) atoms. The first-order chi connectivity index (χ1) is 13.1. The Hall–Kier alpha value is -1.89. The third-order valence-electron chi connectivity index (χ3n) is 5.63. The van der Waals surface area contributed by atoms with Gasteiger partial charge in [0.05, 0.1) is 0 Å². The summed E-state index contributed by atoms with van der Waals surface area (Å²) in [4.78, 5) is 13.1. The molecule has 0 saturated carbocycles. The number of anilines is 1. The van der Waals surface area contributed by atoms with E-state index < -0.39 is 0 Å². The highest BCUT2D eigenvalue weighted by Crippen LogP contribution is 2.21. The van der Waals surface area contributed by atoms with Gasteiger partial charge in [-0.05, 0) is 57.7 Å². The predicted octanol–water partition coefficient (Wildman–Crippen LogP) is 2.08. The summed E-state index contributed by atoms with van der Waals surface area (Å²) in [5, 5.41) is 6.99. The molecule has 0 radical (unpaired) electrons. The minimum absolute atomic E-state index is 0.246. The highest BCUT2D eigenvalue weighted by atomic mass is 19.1. The van der Waals surface area contributed by atoms with Gasteiger partial charge in [0, 0.05) is 51.5 Å². The van der Waals surface area contributed by atoms with E-state index in [1.165, 1.54) is 25.5 Å². The van der Waals surface area contributed by atoms with Crippen LogP contribution in [0.2, 0.25) is 0 Å². The molecule has 6 nitrogen and oxygen atoms in total. The van der Waals surface area contributed by atoms with Crippen molar-refractivity contribution < 1.29 is 4.39 Å². The highest BCUT2D eigenvalue weighted by molar-refractivity contribution is 5.80. The molecular weight excluding hydrogens is 343 g/mol. The number of guanidine groups is 1. The number of hydrogen-bond acceptors (Lipinski definition) is 4. The fraction of sp³-hybridized carbons (Fsp3) is 0.700. The van der Waals surface area contributed by atoms with Crippen LogP contribution in [0.15, 0.2) is 23.3 Å². The van der Waals surface area contributed by atoms with Gasteiger partial charge in [0.2, 0.25) is 0 Å². The second-order valence-corrected chi connectivity index (χ2v) is 7.93. The van der Waals surface area contributed by atoms with E-state index in [4.69, 9.17) is 0 Å². The van der Waals surface area contributed by atoms with Crippen molar-refractivity contribution >= 4 is 11.8 Å². The van der Waals surface area contributed by atoms with Crippen molar-refractivity contribution in [2.45, 2.75) is 45.2 Å². The predicted molar refractivity (Wildman–Crippen MR) is 109 cm³/mol. The molecule has 0 bridgehead atoms. The van der Waals surface area contributed by atoms with Gasteiger partial charge in [-0.25, -0.2) is 9.37 Å². The normalized spacial score (nSPS) is 24.5. The van der Waals surface area contributed by atoms with Crippen LogP contribution >= 0.6 is 0 Å². The number of piperidine rings is 1. The van der Waals surface area contributed by atoms with Crippen LogP contribution in [0.25, 0.3) is 0 Å². The van der Waals surface area contributed by atoms with Crippen molar-refractivity contribution in [2.75, 3.05) is 44.7 Å². The molecule has 2 atom stereocenters. The topological polar surface area (TPSA) is 55.8 Å². The van der Waals surface area contributed by atoms with Crippen LogP contribution in [-0.2, 0) is 0 Å². The maximum Gasteiger partial charge on any atom is 0.191 e. The largest absolute Gasteiger partial charge is 0.356 e. The second-order valence-electron chi connectivity index (χ2n) is 7.93. The quantitative estimate of drug-likeness (QED) is 0.609. The zero-order chi connectivity index (χ0) is 19.2. The maximum atomic E-state index is 13.9. The Bertz CT molecular complexity index is 635. The fourth-order valence-electron chi connectivity index (χ4n) is 4.04. The second kappa shape index (κ2) is 9.35. The molecular formula is C20H33FN6. The summed E-state index contributed by atoms with van der Waals surface area (Å²) >= 11 is 0. The minimum atomic E-state index is -0.257. The number of aliphatic imine (C=N–C) groups is 1. The van der Waals surface area contributed by atoms with Gasteiger partial charge < -0.3 is 20.4 Å². The molecule has 0 spiro atoms. The molecule has 7 heteroatoms. The SMILES string of the molecule is CN=C(NCC1CCCN(C(C)C)C1)NC1CCN(c2ncccc2F)C1. The van der Waals surface area contributed by atoms with Crippen molar-refractivity contribution in [3.63, 3.8) is 0 Å². The van der Waals surface area contributed by atoms with Crippen LogP contribution in [0.1, 0.15) is 33.1 Å². The lowest BCUT2D eigenvalue weighted by Gasteiger charge is -2.35. The molecule has 2 aliphatic rings. The molecule has 150 valence electrons. The molecule has 2 unspecified atom stereocenters. The Labute approximate surface area is 162 Å². The summed E-state index contributed by atoms with van der Waals surface area (Å²) in [5.74, 6) is 1.68. The molecule has 2 N–H and O–H groups in total. The number of nitrogens with zero attached hydrogens (tertiary/aromatic N) is 4. The zero-order valence-corrected chi connectivity index (χ0v) is 16.8. The van der Waals surface area contributed by atoms with Crippen molar-refractivity contribution in [3.05, 3.63) is 24.1 Å². The molecule has 2 fully saturated rings. The number of pyridine rings is 1. The van der Waals surface area contributed by atoms with Gasteiger partial charge in [-0.1, -0.05) is 0 Å². The Morgan fingerprint density at radius 3 is 2.93 bits per heavy atom. The molecule has 1 aromatic rings. The van der Waals surface area contributed by atoms with E-state index in [0.717, 1.165) is 38.6 Å². The summed E-state index contributed by atoms with van der Waals surface area (Å²) in [5.41, 5.74) is 0. The van der Waals surface area contributed by atoms with Gasteiger partial charge in [0.25, 0.3) is 0 Å². The van der Waals surface area contributed by atoms with Crippen LogP contribution in [0.3, 0.4) is 0 Å². The number of likely N-dealkylation sites (tertiary alicyclic amines) is 1. The first-order valence-electron chi connectivity index (χ1n) is 10.1. The highest BCUT2D eigenvalue weighted by Gasteiger charge is 2.26. The van der Waals surface area contributed by atoms with Crippen molar-refractivity contribution in [1.82, 2.24) is 20.5 Å². The summed E-state index contributed by atoms with van der Waals surface area (Å²) in [7, 11) is 1.81. The maximum absolute atomic E-state index is 13.9. The first kappa shape index (κ1) is 19.9. The standard InChI is InChI=1S/C20H33FN6/c1-15(2)26-10-5-6-16(13-26)12-24-20(22-3)25-17-8-11-27(14-17)19-18(21)7-4-9-23-19/h4,7,9,15-17H,5-6,8,10-14H2,1-3H3,(H2,22,24,25). The molecule has 1 aromatic heterocycles. The average Bonchev–Trinajstić information content (AvgIpc) is 3.14. The lowest BCUT2D eigenvalue weighted by Crippen LogP contribution is -2.48. The third kappa shape index (κ3) is 5.31. The Kier molecular flexibility index (Phi) is 6.88. The van der Waals surface area contributed by atoms with Gasteiger partial charge in [-0.3, -0.25) is 4.99 Å². The van der Waals surface area contributed by atoms with Gasteiger partial charge in [-0.15, -0.1) is 0 Å². The van der Waals surface area contributed by atoms with E-state index in [1.54, 1.807) is 12.3 Å². The van der Waals surface area contributed by atoms with Crippen LogP contribution in [0.4, 0.5) is 10.2 Å². The van der Waals surface area contributed by atoms with E-state index in [9.17, 15) is 4.39 Å². The number of nitrogens with one attached hydrogen (secondary N) is 2. The molecule has 2 aliphatic heterocycles. The smallest absolute Gasteiger partial charge is 0.191 e. The number of halogens is 1. The van der Waals surface area contributed by atoms with Gasteiger partial charge in [0.15, 0.2) is 17.6 Å². The van der Waals surface area contributed by atoms with Gasteiger partial charge in [0.1, 0.15) is 0 Å². The summed E-state index contributed by atoms with van der Waals surface area (Å²) in [6.07, 6.45) is 5.12. The van der Waals surface area contributed by atoms with E-state index in [-0.39, 0.29) is 11.9 Å². The fourth-order valence-corrected chi connectivity index (χ4v) is 4.04. The monoisotopic (exact) mass is 376 g/mol. The summed E-state index contributed by atoms with van der Waals surface area (Å²) in [6.45, 7) is 9.38. The van der Waals surface area contributed by atoms with Crippen LogP contribution in [0.5, 0.6) is 0 Å². The molecule has 0 amide bonds. The Morgan fingerprint density at radius 2 is 2.19 bits per heavy atom. The van der Waals surface area contributed by atoms with Crippen molar-refractivity contribution in [1.29, 1.82) is 0 Å². The number of hydrogen-bond donors (Lipinski definition) is 2. The molecule has 0 aliphatic carbocycles. The number of aromatic nitrogens is 1. The van der Waals surface area contributed by atoms with E-state index in [1.807, 2.05) is 11.9 Å². The third-order valence-corrected chi connectivity index (χ3v) is 5.63. The molecule has 3 heterocycles. The van der Waals surface area contributed by atoms with Gasteiger partial charge in [-0.2, -0.15) is 0 Å². The molecule has 0 aromatic carbocycles.